The second-order valence-corrected chi connectivity index (χ2v) is 8.80. The number of rotatable bonds is 5. The fourth-order valence-electron chi connectivity index (χ4n) is 5.20. The van der Waals surface area contributed by atoms with Crippen molar-refractivity contribution in [2.45, 2.75) is 0 Å². The van der Waals surface area contributed by atoms with Crippen molar-refractivity contribution >= 4 is 32.3 Å². The van der Waals surface area contributed by atoms with Crippen LogP contribution in [-0.2, 0) is 0 Å². The quantitative estimate of drug-likeness (QED) is 0.221. The Balaban J connectivity index is 1.68. The molecule has 0 aliphatic heterocycles. The van der Waals surface area contributed by atoms with Crippen LogP contribution in [0.25, 0.3) is 54.6 Å². The van der Waals surface area contributed by atoms with Crippen LogP contribution in [-0.4, -0.2) is 0 Å². The number of benzene rings is 6. The average molecular weight is 504 g/mol. The molecule has 0 saturated heterocycles. The molecule has 6 rings (SSSR count). The smallest absolute Gasteiger partial charge is 0.292 e. The molecule has 0 amide bonds. The Bertz CT molecular complexity index is 2050. The third-order valence-corrected chi connectivity index (χ3v) is 6.75. The highest BCUT2D eigenvalue weighted by Gasteiger charge is 2.18. The molecule has 0 fully saturated rings. The molecule has 0 spiro atoms. The molecule has 0 unspecified atom stereocenters. The third-order valence-electron chi connectivity index (χ3n) is 6.75. The summed E-state index contributed by atoms with van der Waals surface area (Å²) in [5, 5.41) is 33.0. The minimum Gasteiger partial charge on any atom is -0.388 e. The normalized spacial score (nSPS) is 10.5. The lowest BCUT2D eigenvalue weighted by molar-refractivity contribution is 0.508. The topological polar surface area (TPSA) is 99.1 Å². The Kier molecular flexibility index (Phi) is 5.87. The van der Waals surface area contributed by atoms with E-state index in [9.17, 15) is 10.5 Å². The molecule has 0 radical (unpaired) electrons. The Hall–Kier alpha value is -6.03. The maximum atomic E-state index is 9.46. The number of fused-ring (bicyclic) bond motifs is 3. The number of nitriles is 3. The van der Waals surface area contributed by atoms with E-state index in [2.05, 4.69) is 6.07 Å². The SMILES string of the molecule is N#COc1ccc2c(-c3ccc(-c4cc(OC#N)cc5ccccc45)c4c(OC#N)cccc34)cccc2c1. The lowest BCUT2D eigenvalue weighted by atomic mass is 9.88. The van der Waals surface area contributed by atoms with Gasteiger partial charge in [0, 0.05) is 5.39 Å². The summed E-state index contributed by atoms with van der Waals surface area (Å²) in [7, 11) is 0. The van der Waals surface area contributed by atoms with Gasteiger partial charge in [-0.15, -0.1) is 15.8 Å². The molecule has 6 aromatic carbocycles. The van der Waals surface area contributed by atoms with Crippen LogP contribution in [0.1, 0.15) is 0 Å². The third kappa shape index (κ3) is 4.07. The van der Waals surface area contributed by atoms with Crippen molar-refractivity contribution in [2.75, 3.05) is 0 Å². The van der Waals surface area contributed by atoms with E-state index < -0.39 is 0 Å². The van der Waals surface area contributed by atoms with Crippen LogP contribution in [0, 0.1) is 34.6 Å². The van der Waals surface area contributed by atoms with Gasteiger partial charge in [-0.05, 0) is 79.5 Å². The summed E-state index contributed by atoms with van der Waals surface area (Å²) in [5.41, 5.74) is 3.61. The van der Waals surface area contributed by atoms with Crippen LogP contribution in [0.2, 0.25) is 0 Å². The van der Waals surface area contributed by atoms with Gasteiger partial charge >= 0.3 is 0 Å². The average Bonchev–Trinajstić information content (AvgIpc) is 2.96. The van der Waals surface area contributed by atoms with Crippen LogP contribution in [0.3, 0.4) is 0 Å². The first-order valence-electron chi connectivity index (χ1n) is 12.0. The molecule has 0 saturated carbocycles. The van der Waals surface area contributed by atoms with Crippen molar-refractivity contribution in [3.63, 3.8) is 0 Å². The van der Waals surface area contributed by atoms with Crippen LogP contribution >= 0.6 is 0 Å². The van der Waals surface area contributed by atoms with Crippen LogP contribution in [0.15, 0.2) is 103 Å². The van der Waals surface area contributed by atoms with Gasteiger partial charge in [-0.25, -0.2) is 0 Å². The van der Waals surface area contributed by atoms with Gasteiger partial charge in [0.2, 0.25) is 0 Å². The Morgan fingerprint density at radius 1 is 0.436 bits per heavy atom. The maximum absolute atomic E-state index is 9.46. The van der Waals surface area contributed by atoms with E-state index in [4.69, 9.17) is 19.5 Å². The van der Waals surface area contributed by atoms with Crippen molar-refractivity contribution in [1.29, 1.82) is 15.8 Å². The maximum Gasteiger partial charge on any atom is 0.292 e. The standard InChI is InChI=1S/C33H17N3O3/c34-18-37-23-11-12-26-22(15-23)6-3-8-27(26)28-13-14-30(33-29(28)9-4-10-32(33)39-20-36)31-17-24(38-19-35)16-21-5-1-2-7-25(21)31/h1-17H. The summed E-state index contributed by atoms with van der Waals surface area (Å²) in [5.74, 6) is 1.32. The summed E-state index contributed by atoms with van der Waals surface area (Å²) >= 11 is 0. The Labute approximate surface area is 223 Å². The van der Waals surface area contributed by atoms with Crippen molar-refractivity contribution < 1.29 is 14.2 Å². The van der Waals surface area contributed by atoms with Crippen molar-refractivity contribution in [3.05, 3.63) is 103 Å². The van der Waals surface area contributed by atoms with Crippen LogP contribution in [0.5, 0.6) is 17.2 Å². The van der Waals surface area contributed by atoms with Gasteiger partial charge in [-0.2, -0.15) is 0 Å². The van der Waals surface area contributed by atoms with E-state index >= 15 is 0 Å². The van der Waals surface area contributed by atoms with Crippen molar-refractivity contribution in [2.24, 2.45) is 0 Å². The molecule has 0 N–H and O–H groups in total. The largest absolute Gasteiger partial charge is 0.388 e. The minimum atomic E-state index is 0.423. The summed E-state index contributed by atoms with van der Waals surface area (Å²) in [6, 6.07) is 32.7. The number of hydrogen-bond acceptors (Lipinski definition) is 6. The van der Waals surface area contributed by atoms with Gasteiger partial charge in [0.15, 0.2) is 5.75 Å². The summed E-state index contributed by atoms with van der Waals surface area (Å²) in [4.78, 5) is 0. The summed E-state index contributed by atoms with van der Waals surface area (Å²) < 4.78 is 15.7. The summed E-state index contributed by atoms with van der Waals surface area (Å²) in [6.07, 6.45) is 5.30. The molecule has 0 bridgehead atoms. The second kappa shape index (κ2) is 9.79. The first-order chi connectivity index (χ1) is 19.2. The zero-order valence-electron chi connectivity index (χ0n) is 20.4. The molecule has 6 heteroatoms. The number of hydrogen-bond donors (Lipinski definition) is 0. The van der Waals surface area contributed by atoms with E-state index in [1.807, 2.05) is 91.2 Å². The molecular weight excluding hydrogens is 486 g/mol. The molecule has 0 aliphatic carbocycles. The highest BCUT2D eigenvalue weighted by atomic mass is 16.5. The number of ether oxygens (including phenoxy) is 3. The molecule has 39 heavy (non-hydrogen) atoms. The van der Waals surface area contributed by atoms with Crippen LogP contribution in [0.4, 0.5) is 0 Å². The predicted molar refractivity (Wildman–Crippen MR) is 149 cm³/mol. The Morgan fingerprint density at radius 3 is 1.87 bits per heavy atom. The van der Waals surface area contributed by atoms with Gasteiger partial charge in [0.25, 0.3) is 18.8 Å². The van der Waals surface area contributed by atoms with Crippen molar-refractivity contribution in [3.8, 4) is 58.3 Å². The van der Waals surface area contributed by atoms with Gasteiger partial charge in [-0.3, -0.25) is 0 Å². The Morgan fingerprint density at radius 2 is 1.05 bits per heavy atom. The zero-order chi connectivity index (χ0) is 26.8. The highest BCUT2D eigenvalue weighted by molar-refractivity contribution is 6.14. The van der Waals surface area contributed by atoms with E-state index in [0.717, 1.165) is 54.6 Å². The highest BCUT2D eigenvalue weighted by Crippen LogP contribution is 2.44. The fraction of sp³-hybridized carbons (Fsp3) is 0. The van der Waals surface area contributed by atoms with E-state index in [1.54, 1.807) is 24.6 Å². The van der Waals surface area contributed by atoms with E-state index in [0.29, 0.717) is 17.2 Å². The monoisotopic (exact) mass is 503 g/mol. The summed E-state index contributed by atoms with van der Waals surface area (Å²) in [6.45, 7) is 0. The first kappa shape index (κ1) is 23.4. The van der Waals surface area contributed by atoms with Gasteiger partial charge < -0.3 is 14.2 Å². The first-order valence-corrected chi connectivity index (χ1v) is 12.0. The molecule has 0 atom stereocenters. The second-order valence-electron chi connectivity index (χ2n) is 8.80. The minimum absolute atomic E-state index is 0.423. The molecule has 0 aliphatic rings. The molecule has 182 valence electrons. The van der Waals surface area contributed by atoms with Gasteiger partial charge in [-0.1, -0.05) is 72.8 Å². The van der Waals surface area contributed by atoms with Gasteiger partial charge in [0.05, 0.1) is 0 Å². The zero-order valence-corrected chi connectivity index (χ0v) is 20.4. The lowest BCUT2D eigenvalue weighted by Crippen LogP contribution is -1.93. The van der Waals surface area contributed by atoms with Crippen molar-refractivity contribution in [1.82, 2.24) is 0 Å². The molecule has 0 heterocycles. The molecule has 6 aromatic rings. The number of nitrogens with zero attached hydrogens (tertiary/aromatic N) is 3. The lowest BCUT2D eigenvalue weighted by Gasteiger charge is -2.17. The molecule has 0 aromatic heterocycles. The van der Waals surface area contributed by atoms with Crippen LogP contribution < -0.4 is 14.2 Å². The van der Waals surface area contributed by atoms with E-state index in [1.165, 1.54) is 0 Å². The molecule has 6 nitrogen and oxygen atoms in total. The van der Waals surface area contributed by atoms with Gasteiger partial charge in [0.1, 0.15) is 11.5 Å². The van der Waals surface area contributed by atoms with E-state index in [-0.39, 0.29) is 0 Å². The molecular formula is C33H17N3O3. The fourth-order valence-corrected chi connectivity index (χ4v) is 5.20. The predicted octanol–water partition coefficient (Wildman–Crippen LogP) is 8.06.